The van der Waals surface area contributed by atoms with Crippen LogP contribution in [0.5, 0.6) is 0 Å². The van der Waals surface area contributed by atoms with Gasteiger partial charge in [-0.1, -0.05) is 0 Å². The molecule has 0 saturated heterocycles. The highest BCUT2D eigenvalue weighted by molar-refractivity contribution is 5.84. The molecular weight excluding hydrogens is 266 g/mol. The summed E-state index contributed by atoms with van der Waals surface area (Å²) < 4.78 is 1.68. The standard InChI is InChI=1S/C14H17N7/c1-8(2)19-11-4-10(17-7-18-11)12-13(15)20-21-6-9(3)5-16-14(12)21/h4-8H,1-3H3,(H2,15,20)(H,17,18,19). The number of nitrogens with zero attached hydrogens (tertiary/aromatic N) is 5. The molecule has 0 aliphatic heterocycles. The van der Waals surface area contributed by atoms with Gasteiger partial charge in [-0.3, -0.25) is 0 Å². The molecule has 0 unspecified atom stereocenters. The number of hydrogen-bond donors (Lipinski definition) is 2. The van der Waals surface area contributed by atoms with Crippen molar-refractivity contribution in [2.45, 2.75) is 26.8 Å². The fourth-order valence-electron chi connectivity index (χ4n) is 2.16. The first kappa shape index (κ1) is 13.3. The van der Waals surface area contributed by atoms with E-state index in [0.717, 1.165) is 16.9 Å². The third-order valence-electron chi connectivity index (χ3n) is 2.99. The average molecular weight is 283 g/mol. The van der Waals surface area contributed by atoms with Crippen molar-refractivity contribution in [2.24, 2.45) is 0 Å². The Morgan fingerprint density at radius 1 is 1.24 bits per heavy atom. The minimum absolute atomic E-state index is 0.287. The van der Waals surface area contributed by atoms with Gasteiger partial charge in [0, 0.05) is 24.5 Å². The van der Waals surface area contributed by atoms with Crippen LogP contribution in [-0.4, -0.2) is 30.6 Å². The zero-order chi connectivity index (χ0) is 15.0. The lowest BCUT2D eigenvalue weighted by Crippen LogP contribution is -2.11. The van der Waals surface area contributed by atoms with E-state index in [0.29, 0.717) is 17.2 Å². The Labute approximate surface area is 122 Å². The molecule has 3 N–H and O–H groups in total. The highest BCUT2D eigenvalue weighted by Gasteiger charge is 2.15. The molecule has 0 fully saturated rings. The second-order valence-electron chi connectivity index (χ2n) is 5.25. The summed E-state index contributed by atoms with van der Waals surface area (Å²) in [5.41, 5.74) is 9.17. The normalized spacial score (nSPS) is 11.2. The number of nitrogens with two attached hydrogens (primary N) is 1. The van der Waals surface area contributed by atoms with Crippen LogP contribution in [0.4, 0.5) is 11.6 Å². The van der Waals surface area contributed by atoms with Gasteiger partial charge in [0.15, 0.2) is 11.5 Å². The van der Waals surface area contributed by atoms with Crippen LogP contribution in [0.15, 0.2) is 24.8 Å². The number of fused-ring (bicyclic) bond motifs is 1. The minimum Gasteiger partial charge on any atom is -0.382 e. The first-order chi connectivity index (χ1) is 10.0. The van der Waals surface area contributed by atoms with E-state index in [1.165, 1.54) is 6.33 Å². The smallest absolute Gasteiger partial charge is 0.166 e. The van der Waals surface area contributed by atoms with Crippen molar-refractivity contribution in [3.8, 4) is 11.3 Å². The van der Waals surface area contributed by atoms with E-state index in [9.17, 15) is 0 Å². The summed E-state index contributed by atoms with van der Waals surface area (Å²) in [5, 5.41) is 7.54. The molecule has 0 radical (unpaired) electrons. The molecule has 7 heteroatoms. The van der Waals surface area contributed by atoms with Crippen molar-refractivity contribution >= 4 is 17.3 Å². The predicted molar refractivity (Wildman–Crippen MR) is 81.9 cm³/mol. The zero-order valence-corrected chi connectivity index (χ0v) is 12.2. The minimum atomic E-state index is 0.287. The molecule has 108 valence electrons. The molecule has 0 bridgehead atoms. The number of nitrogens with one attached hydrogen (secondary N) is 1. The van der Waals surface area contributed by atoms with Crippen molar-refractivity contribution in [3.63, 3.8) is 0 Å². The molecular formula is C14H17N7. The Balaban J connectivity index is 2.14. The molecule has 3 aromatic heterocycles. The maximum Gasteiger partial charge on any atom is 0.166 e. The first-order valence-corrected chi connectivity index (χ1v) is 6.74. The van der Waals surface area contributed by atoms with E-state index < -0.39 is 0 Å². The largest absolute Gasteiger partial charge is 0.382 e. The Bertz CT molecular complexity index is 791. The van der Waals surface area contributed by atoms with Crippen LogP contribution >= 0.6 is 0 Å². The summed E-state index contributed by atoms with van der Waals surface area (Å²) in [6.45, 7) is 6.06. The molecule has 0 spiro atoms. The summed E-state index contributed by atoms with van der Waals surface area (Å²) in [6, 6.07) is 2.14. The molecule has 21 heavy (non-hydrogen) atoms. The van der Waals surface area contributed by atoms with Crippen molar-refractivity contribution in [1.29, 1.82) is 0 Å². The number of anilines is 2. The Hall–Kier alpha value is -2.70. The highest BCUT2D eigenvalue weighted by atomic mass is 15.3. The van der Waals surface area contributed by atoms with Gasteiger partial charge in [0.2, 0.25) is 0 Å². The maximum atomic E-state index is 6.03. The van der Waals surface area contributed by atoms with E-state index in [2.05, 4.69) is 39.2 Å². The van der Waals surface area contributed by atoms with Gasteiger partial charge in [-0.2, -0.15) is 0 Å². The number of nitrogen functional groups attached to an aromatic ring is 1. The molecule has 7 nitrogen and oxygen atoms in total. The Kier molecular flexibility index (Phi) is 3.17. The number of aromatic nitrogens is 5. The maximum absolute atomic E-state index is 6.03. The van der Waals surface area contributed by atoms with E-state index in [4.69, 9.17) is 5.73 Å². The fraction of sp³-hybridized carbons (Fsp3) is 0.286. The molecule has 0 aliphatic carbocycles. The number of aryl methyl sites for hydroxylation is 1. The number of hydrogen-bond acceptors (Lipinski definition) is 6. The molecule has 0 atom stereocenters. The van der Waals surface area contributed by atoms with Crippen molar-refractivity contribution in [3.05, 3.63) is 30.4 Å². The van der Waals surface area contributed by atoms with Gasteiger partial charge in [0.25, 0.3) is 0 Å². The summed E-state index contributed by atoms with van der Waals surface area (Å²) in [6.07, 6.45) is 5.18. The van der Waals surface area contributed by atoms with Gasteiger partial charge in [-0.05, 0) is 26.3 Å². The fourth-order valence-corrected chi connectivity index (χ4v) is 2.16. The lowest BCUT2D eigenvalue weighted by molar-refractivity contribution is 0.886. The summed E-state index contributed by atoms with van der Waals surface area (Å²) in [5.74, 6) is 1.16. The zero-order valence-electron chi connectivity index (χ0n) is 12.2. The molecule has 3 rings (SSSR count). The first-order valence-electron chi connectivity index (χ1n) is 6.74. The van der Waals surface area contributed by atoms with Crippen LogP contribution in [0, 0.1) is 6.92 Å². The van der Waals surface area contributed by atoms with Crippen molar-refractivity contribution in [1.82, 2.24) is 24.6 Å². The SMILES string of the molecule is Cc1cnc2c(-c3cc(NC(C)C)ncn3)c(N)nn2c1. The van der Waals surface area contributed by atoms with Crippen LogP contribution in [0.1, 0.15) is 19.4 Å². The summed E-state index contributed by atoms with van der Waals surface area (Å²) in [7, 11) is 0. The van der Waals surface area contributed by atoms with Crippen LogP contribution in [0.3, 0.4) is 0 Å². The molecule has 0 aromatic carbocycles. The van der Waals surface area contributed by atoms with Crippen LogP contribution in [0.25, 0.3) is 16.9 Å². The van der Waals surface area contributed by atoms with Gasteiger partial charge in [-0.25, -0.2) is 19.5 Å². The van der Waals surface area contributed by atoms with Gasteiger partial charge in [-0.15, -0.1) is 5.10 Å². The topological polar surface area (TPSA) is 94.0 Å². The lowest BCUT2D eigenvalue weighted by atomic mass is 10.2. The Morgan fingerprint density at radius 3 is 2.81 bits per heavy atom. The lowest BCUT2D eigenvalue weighted by Gasteiger charge is -2.09. The van der Waals surface area contributed by atoms with Crippen LogP contribution in [0.2, 0.25) is 0 Å². The third kappa shape index (κ3) is 2.49. The van der Waals surface area contributed by atoms with Gasteiger partial charge in [0.1, 0.15) is 12.1 Å². The average Bonchev–Trinajstić information content (AvgIpc) is 2.73. The summed E-state index contributed by atoms with van der Waals surface area (Å²) in [4.78, 5) is 12.9. The van der Waals surface area contributed by atoms with Crippen LogP contribution < -0.4 is 11.1 Å². The van der Waals surface area contributed by atoms with Crippen molar-refractivity contribution in [2.75, 3.05) is 11.1 Å². The number of rotatable bonds is 3. The van der Waals surface area contributed by atoms with Crippen molar-refractivity contribution < 1.29 is 0 Å². The van der Waals surface area contributed by atoms with E-state index in [-0.39, 0.29) is 6.04 Å². The van der Waals surface area contributed by atoms with E-state index >= 15 is 0 Å². The van der Waals surface area contributed by atoms with Gasteiger partial charge >= 0.3 is 0 Å². The Morgan fingerprint density at radius 2 is 2.05 bits per heavy atom. The molecule has 3 aromatic rings. The third-order valence-corrected chi connectivity index (χ3v) is 2.99. The van der Waals surface area contributed by atoms with E-state index in [1.807, 2.05) is 19.2 Å². The van der Waals surface area contributed by atoms with Gasteiger partial charge < -0.3 is 11.1 Å². The predicted octanol–water partition coefficient (Wildman–Crippen LogP) is 1.90. The monoisotopic (exact) mass is 283 g/mol. The molecule has 0 aliphatic rings. The quantitative estimate of drug-likeness (QED) is 0.762. The highest BCUT2D eigenvalue weighted by Crippen LogP contribution is 2.28. The van der Waals surface area contributed by atoms with Crippen LogP contribution in [-0.2, 0) is 0 Å². The molecule has 3 heterocycles. The molecule has 0 amide bonds. The second-order valence-corrected chi connectivity index (χ2v) is 5.25. The second kappa shape index (κ2) is 5.01. The molecule has 0 saturated carbocycles. The summed E-state index contributed by atoms with van der Waals surface area (Å²) >= 11 is 0. The van der Waals surface area contributed by atoms with Gasteiger partial charge in [0.05, 0.1) is 11.3 Å². The van der Waals surface area contributed by atoms with E-state index in [1.54, 1.807) is 10.7 Å².